The normalized spacial score (nSPS) is 13.9. The molecule has 0 saturated carbocycles. The van der Waals surface area contributed by atoms with Crippen molar-refractivity contribution in [2.75, 3.05) is 26.2 Å². The number of carbonyl (C=O) groups excluding carboxylic acids is 1. The average Bonchev–Trinajstić information content (AvgIpc) is 3.17. The lowest BCUT2D eigenvalue weighted by Crippen LogP contribution is -2.35. The van der Waals surface area contributed by atoms with Crippen LogP contribution in [0, 0.1) is 13.8 Å². The van der Waals surface area contributed by atoms with Gasteiger partial charge in [0.1, 0.15) is 12.4 Å². The number of hydroxylamine groups is 2. The molecule has 0 aliphatic carbocycles. The molecule has 1 fully saturated rings. The minimum atomic E-state index is -1.18. The molecule has 0 radical (unpaired) electrons. The maximum atomic E-state index is 12.6. The number of benzene rings is 2. The van der Waals surface area contributed by atoms with E-state index in [2.05, 4.69) is 4.98 Å². The van der Waals surface area contributed by atoms with Crippen molar-refractivity contribution in [3.8, 4) is 17.4 Å². The number of rotatable bonds is 7. The highest BCUT2D eigenvalue weighted by Crippen LogP contribution is 2.34. The summed E-state index contributed by atoms with van der Waals surface area (Å²) in [7, 11) is 0. The van der Waals surface area contributed by atoms with Gasteiger partial charge in [0.2, 0.25) is 11.8 Å². The predicted octanol–water partition coefficient (Wildman–Crippen LogP) is 5.49. The van der Waals surface area contributed by atoms with Crippen LogP contribution in [-0.4, -0.2) is 58.3 Å². The van der Waals surface area contributed by atoms with Crippen molar-refractivity contribution >= 4 is 29.7 Å². The van der Waals surface area contributed by atoms with E-state index in [1.54, 1.807) is 30.5 Å². The smallest absolute Gasteiger partial charge is 0.431 e. The summed E-state index contributed by atoms with van der Waals surface area (Å²) in [4.78, 5) is 34.6. The van der Waals surface area contributed by atoms with Crippen molar-refractivity contribution in [1.29, 1.82) is 0 Å². The SMILES string of the molecule is Cc1ccc(COc2ccc(Oc3c(C)cc(C=CC(=O)N4CCON(C(=O)O)CC4)cc3Cl)nc2)cc1. The molecule has 3 aromatic rings. The maximum absolute atomic E-state index is 12.6. The van der Waals surface area contributed by atoms with Gasteiger partial charge in [-0.25, -0.2) is 9.78 Å². The standard InChI is InChI=1S/C28H28ClN3O6/c1-19-3-5-21(6-4-19)18-36-23-8-9-25(30-17-23)38-27-20(2)15-22(16-24(27)29)7-10-26(33)31-11-12-32(28(34)35)37-14-13-31/h3-10,15-17H,11-14,18H2,1-2H3,(H,34,35). The fourth-order valence-corrected chi connectivity index (χ4v) is 4.06. The molecule has 38 heavy (non-hydrogen) atoms. The first kappa shape index (κ1) is 27.0. The van der Waals surface area contributed by atoms with Gasteiger partial charge in [0.05, 0.1) is 24.4 Å². The van der Waals surface area contributed by atoms with Gasteiger partial charge in [0.25, 0.3) is 0 Å². The lowest BCUT2D eigenvalue weighted by atomic mass is 10.1. The number of hydrogen-bond acceptors (Lipinski definition) is 6. The van der Waals surface area contributed by atoms with Crippen LogP contribution in [0.2, 0.25) is 5.02 Å². The fraction of sp³-hybridized carbons (Fsp3) is 0.250. The minimum absolute atomic E-state index is 0.0831. The quantitative estimate of drug-likeness (QED) is 0.398. The van der Waals surface area contributed by atoms with Gasteiger partial charge in [-0.05, 0) is 54.8 Å². The van der Waals surface area contributed by atoms with Gasteiger partial charge < -0.3 is 19.5 Å². The topological polar surface area (TPSA) is 101 Å². The van der Waals surface area contributed by atoms with Gasteiger partial charge >= 0.3 is 6.09 Å². The third-order valence-corrected chi connectivity index (χ3v) is 6.10. The summed E-state index contributed by atoms with van der Waals surface area (Å²) in [5, 5.41) is 10.2. The highest BCUT2D eigenvalue weighted by molar-refractivity contribution is 6.32. The highest BCUT2D eigenvalue weighted by atomic mass is 35.5. The maximum Gasteiger partial charge on any atom is 0.431 e. The Morgan fingerprint density at radius 3 is 2.58 bits per heavy atom. The zero-order chi connectivity index (χ0) is 27.1. The number of ether oxygens (including phenoxy) is 2. The molecule has 198 valence electrons. The Morgan fingerprint density at radius 2 is 1.89 bits per heavy atom. The molecule has 0 bridgehead atoms. The molecule has 1 aliphatic heterocycles. The lowest BCUT2D eigenvalue weighted by molar-refractivity contribution is -0.126. The minimum Gasteiger partial charge on any atom is -0.487 e. The Kier molecular flexibility index (Phi) is 8.83. The summed E-state index contributed by atoms with van der Waals surface area (Å²) in [6.45, 7) is 5.06. The molecule has 2 aromatic carbocycles. The Hall–Kier alpha value is -4.08. The summed E-state index contributed by atoms with van der Waals surface area (Å²) >= 11 is 6.49. The van der Waals surface area contributed by atoms with Gasteiger partial charge in [0.15, 0.2) is 5.75 Å². The van der Waals surface area contributed by atoms with Gasteiger partial charge in [-0.2, -0.15) is 5.06 Å². The summed E-state index contributed by atoms with van der Waals surface area (Å²) in [5.74, 6) is 1.21. The molecule has 0 unspecified atom stereocenters. The highest BCUT2D eigenvalue weighted by Gasteiger charge is 2.21. The molecular formula is C28H28ClN3O6. The van der Waals surface area contributed by atoms with Crippen molar-refractivity contribution in [3.63, 3.8) is 0 Å². The first-order valence-corrected chi connectivity index (χ1v) is 12.4. The Bertz CT molecular complexity index is 1290. The molecule has 0 spiro atoms. The van der Waals surface area contributed by atoms with E-state index in [-0.39, 0.29) is 25.6 Å². The van der Waals surface area contributed by atoms with E-state index in [0.717, 1.165) is 21.8 Å². The Morgan fingerprint density at radius 1 is 1.11 bits per heavy atom. The van der Waals surface area contributed by atoms with Crippen LogP contribution < -0.4 is 9.47 Å². The Labute approximate surface area is 225 Å². The second-order valence-electron chi connectivity index (χ2n) is 8.73. The number of hydrogen-bond donors (Lipinski definition) is 1. The zero-order valence-electron chi connectivity index (χ0n) is 21.1. The molecule has 10 heteroatoms. The lowest BCUT2D eigenvalue weighted by Gasteiger charge is -2.17. The second-order valence-corrected chi connectivity index (χ2v) is 9.14. The summed E-state index contributed by atoms with van der Waals surface area (Å²) in [6, 6.07) is 15.2. The summed E-state index contributed by atoms with van der Waals surface area (Å²) in [6.07, 6.45) is 3.50. The fourth-order valence-electron chi connectivity index (χ4n) is 3.74. The van der Waals surface area contributed by atoms with Crippen LogP contribution in [0.15, 0.2) is 60.8 Å². The van der Waals surface area contributed by atoms with Gasteiger partial charge in [-0.1, -0.05) is 41.4 Å². The monoisotopic (exact) mass is 537 g/mol. The zero-order valence-corrected chi connectivity index (χ0v) is 21.9. The summed E-state index contributed by atoms with van der Waals surface area (Å²) in [5.41, 5.74) is 3.76. The van der Waals surface area contributed by atoms with Crippen LogP contribution in [0.1, 0.15) is 22.3 Å². The number of pyridine rings is 1. The van der Waals surface area contributed by atoms with Crippen molar-refractivity contribution in [2.45, 2.75) is 20.5 Å². The summed E-state index contributed by atoms with van der Waals surface area (Å²) < 4.78 is 11.7. The largest absolute Gasteiger partial charge is 0.487 e. The van der Waals surface area contributed by atoms with Crippen LogP contribution in [0.3, 0.4) is 0 Å². The van der Waals surface area contributed by atoms with Gasteiger partial charge in [-0.15, -0.1) is 0 Å². The number of nitrogens with zero attached hydrogens (tertiary/aromatic N) is 3. The van der Waals surface area contributed by atoms with E-state index in [1.807, 2.05) is 44.2 Å². The first-order valence-electron chi connectivity index (χ1n) is 12.0. The number of halogens is 1. The molecule has 1 aromatic heterocycles. The second kappa shape index (κ2) is 12.4. The van der Waals surface area contributed by atoms with Crippen LogP contribution in [0.5, 0.6) is 17.4 Å². The number of amides is 2. The van der Waals surface area contributed by atoms with E-state index in [1.165, 1.54) is 16.5 Å². The van der Waals surface area contributed by atoms with Crippen LogP contribution in [0.4, 0.5) is 4.79 Å². The number of aromatic nitrogens is 1. The van der Waals surface area contributed by atoms with E-state index in [0.29, 0.717) is 35.6 Å². The molecule has 1 aliphatic rings. The Balaban J connectivity index is 1.35. The molecule has 9 nitrogen and oxygen atoms in total. The van der Waals surface area contributed by atoms with Crippen LogP contribution in [-0.2, 0) is 16.2 Å². The number of aryl methyl sites for hydroxylation is 2. The molecule has 2 amide bonds. The molecular weight excluding hydrogens is 510 g/mol. The molecule has 2 heterocycles. The van der Waals surface area contributed by atoms with Crippen molar-refractivity contribution < 1.29 is 29.0 Å². The number of carbonyl (C=O) groups is 2. The molecule has 0 atom stereocenters. The molecule has 4 rings (SSSR count). The van der Waals surface area contributed by atoms with Crippen molar-refractivity contribution in [3.05, 3.63) is 88.1 Å². The van der Waals surface area contributed by atoms with Crippen molar-refractivity contribution in [1.82, 2.24) is 14.9 Å². The third-order valence-electron chi connectivity index (χ3n) is 5.82. The predicted molar refractivity (Wildman–Crippen MR) is 142 cm³/mol. The van der Waals surface area contributed by atoms with Gasteiger partial charge in [-0.3, -0.25) is 9.63 Å². The van der Waals surface area contributed by atoms with E-state index >= 15 is 0 Å². The van der Waals surface area contributed by atoms with E-state index in [9.17, 15) is 9.59 Å². The third kappa shape index (κ3) is 7.24. The van der Waals surface area contributed by atoms with Crippen molar-refractivity contribution in [2.24, 2.45) is 0 Å². The molecule has 1 N–H and O–H groups in total. The van der Waals surface area contributed by atoms with E-state index in [4.69, 9.17) is 31.0 Å². The van der Waals surface area contributed by atoms with Crippen LogP contribution >= 0.6 is 11.6 Å². The average molecular weight is 538 g/mol. The molecule has 1 saturated heterocycles. The van der Waals surface area contributed by atoms with E-state index < -0.39 is 6.09 Å². The van der Waals surface area contributed by atoms with Gasteiger partial charge in [0, 0.05) is 25.2 Å². The first-order chi connectivity index (χ1) is 18.3. The number of carboxylic acid groups (broad SMARTS) is 1. The van der Waals surface area contributed by atoms with Crippen LogP contribution in [0.25, 0.3) is 6.08 Å².